The van der Waals surface area contributed by atoms with Crippen LogP contribution in [0, 0.1) is 4.91 Å². The lowest BCUT2D eigenvalue weighted by Crippen LogP contribution is -1.88. The van der Waals surface area contributed by atoms with Crippen LogP contribution in [0.4, 0.5) is 5.69 Å². The van der Waals surface area contributed by atoms with Crippen molar-refractivity contribution >= 4 is 19.6 Å². The molecule has 0 bridgehead atoms. The Morgan fingerprint density at radius 1 is 1.36 bits per heavy atom. The number of hydrogen-bond donors (Lipinski definition) is 0. The lowest BCUT2D eigenvalue weighted by molar-refractivity contribution is 1.51. The molecule has 1 rings (SSSR count). The van der Waals surface area contributed by atoms with Crippen molar-refractivity contribution < 1.29 is 0 Å². The van der Waals surface area contributed by atoms with E-state index in [1.807, 2.05) is 17.9 Å². The first-order chi connectivity index (χ1) is 5.36. The first kappa shape index (κ1) is 8.09. The summed E-state index contributed by atoms with van der Waals surface area (Å²) in [5.41, 5.74) is 0.475. The van der Waals surface area contributed by atoms with Crippen molar-refractivity contribution in [2.75, 3.05) is 0 Å². The zero-order valence-corrected chi connectivity index (χ0v) is 6.95. The van der Waals surface area contributed by atoms with Gasteiger partial charge in [-0.15, -0.1) is 4.91 Å². The molecule has 1 aromatic rings. The van der Waals surface area contributed by atoms with Crippen molar-refractivity contribution in [3.05, 3.63) is 41.6 Å². The summed E-state index contributed by atoms with van der Waals surface area (Å²) in [4.78, 5) is 10.0. The second-order valence-corrected chi connectivity index (χ2v) is 3.26. The van der Waals surface area contributed by atoms with Crippen molar-refractivity contribution in [2.24, 2.45) is 5.18 Å². The maximum absolute atomic E-state index is 10.0. The third-order valence-electron chi connectivity index (χ3n) is 1.24. The van der Waals surface area contributed by atoms with Crippen LogP contribution in [-0.2, 0) is 0 Å². The van der Waals surface area contributed by atoms with Crippen molar-refractivity contribution in [1.82, 2.24) is 0 Å². The lowest BCUT2D eigenvalue weighted by Gasteiger charge is -1.94. The fourth-order valence-electron chi connectivity index (χ4n) is 0.736. The number of nitroso groups, excluding NO2 is 1. The van der Waals surface area contributed by atoms with Crippen molar-refractivity contribution in [3.63, 3.8) is 0 Å². The molecule has 0 N–H and O–H groups in total. The van der Waals surface area contributed by atoms with Crippen molar-refractivity contribution in [3.8, 4) is 0 Å². The van der Waals surface area contributed by atoms with Crippen LogP contribution in [0.1, 0.15) is 0 Å². The van der Waals surface area contributed by atoms with Gasteiger partial charge in [-0.05, 0) is 22.6 Å². The molecule has 1 aromatic carbocycles. The lowest BCUT2D eigenvalue weighted by atomic mass is 10.3. The second-order valence-electron chi connectivity index (χ2n) is 1.99. The largest absolute Gasteiger partial charge is 0.145 e. The Bertz CT molecular complexity index is 255. The number of rotatable bonds is 3. The van der Waals surface area contributed by atoms with Gasteiger partial charge in [0.1, 0.15) is 5.69 Å². The van der Waals surface area contributed by atoms with Gasteiger partial charge < -0.3 is 0 Å². The average molecular weight is 165 g/mol. The van der Waals surface area contributed by atoms with E-state index in [9.17, 15) is 4.91 Å². The topological polar surface area (TPSA) is 29.4 Å². The molecule has 56 valence electrons. The fraction of sp³-hybridized carbons (Fsp3) is 0. The maximum Gasteiger partial charge on any atom is 0.108 e. The summed E-state index contributed by atoms with van der Waals surface area (Å²) in [6, 6.07) is 7.19. The molecule has 0 heterocycles. The third-order valence-corrected chi connectivity index (χ3v) is 2.11. The van der Waals surface area contributed by atoms with Gasteiger partial charge in [0, 0.05) is 0 Å². The van der Waals surface area contributed by atoms with Crippen LogP contribution in [0.15, 0.2) is 41.8 Å². The van der Waals surface area contributed by atoms with Gasteiger partial charge in [0.05, 0.1) is 0 Å². The SMILES string of the molecule is C=CPc1ccc(N=O)cc1. The minimum atomic E-state index is 0.475. The highest BCUT2D eigenvalue weighted by atomic mass is 31.1. The standard InChI is InChI=1S/C8H8NOP/c1-2-11-8-5-3-7(9-10)4-6-8/h2-6,11H,1H2. The Morgan fingerprint density at radius 3 is 2.45 bits per heavy atom. The minimum Gasteiger partial charge on any atom is -0.145 e. The molecule has 0 aromatic heterocycles. The van der Waals surface area contributed by atoms with Gasteiger partial charge in [-0.3, -0.25) is 0 Å². The predicted octanol–water partition coefficient (Wildman–Crippen LogP) is 2.53. The molecule has 0 saturated carbocycles. The molecular weight excluding hydrogens is 157 g/mol. The predicted molar refractivity (Wildman–Crippen MR) is 50.0 cm³/mol. The zero-order chi connectivity index (χ0) is 8.10. The summed E-state index contributed by atoms with van der Waals surface area (Å²) in [6.07, 6.45) is 0. The van der Waals surface area contributed by atoms with E-state index in [1.165, 1.54) is 5.30 Å². The van der Waals surface area contributed by atoms with Gasteiger partial charge in [0.15, 0.2) is 0 Å². The summed E-state index contributed by atoms with van der Waals surface area (Å²) in [5.74, 6) is 1.85. The molecule has 0 aliphatic heterocycles. The van der Waals surface area contributed by atoms with E-state index in [0.29, 0.717) is 14.3 Å². The number of hydrogen-bond acceptors (Lipinski definition) is 2. The molecule has 0 aliphatic rings. The first-order valence-electron chi connectivity index (χ1n) is 3.17. The van der Waals surface area contributed by atoms with E-state index in [-0.39, 0.29) is 0 Å². The van der Waals surface area contributed by atoms with Gasteiger partial charge in [0.2, 0.25) is 0 Å². The van der Waals surface area contributed by atoms with Crippen LogP contribution in [0.25, 0.3) is 0 Å². The van der Waals surface area contributed by atoms with Crippen LogP contribution in [-0.4, -0.2) is 0 Å². The molecule has 0 spiro atoms. The highest BCUT2D eigenvalue weighted by Gasteiger charge is 1.90. The molecule has 1 atom stereocenters. The second kappa shape index (κ2) is 3.99. The fourth-order valence-corrected chi connectivity index (χ4v) is 1.33. The summed E-state index contributed by atoms with van der Waals surface area (Å²) in [6.45, 7) is 3.63. The van der Waals surface area contributed by atoms with Gasteiger partial charge >= 0.3 is 0 Å². The van der Waals surface area contributed by atoms with E-state index in [0.717, 1.165) is 0 Å². The maximum atomic E-state index is 10.0. The molecule has 1 unspecified atom stereocenters. The summed E-state index contributed by atoms with van der Waals surface area (Å²) >= 11 is 0. The van der Waals surface area contributed by atoms with E-state index in [4.69, 9.17) is 0 Å². The van der Waals surface area contributed by atoms with Gasteiger partial charge in [-0.25, -0.2) is 0 Å². The zero-order valence-electron chi connectivity index (χ0n) is 5.95. The molecule has 0 amide bonds. The Hall–Kier alpha value is -1.01. The van der Waals surface area contributed by atoms with Gasteiger partial charge in [0.25, 0.3) is 0 Å². The Balaban J connectivity index is 2.81. The molecule has 0 saturated heterocycles. The Morgan fingerprint density at radius 2 is 2.00 bits per heavy atom. The molecule has 11 heavy (non-hydrogen) atoms. The summed E-state index contributed by atoms with van der Waals surface area (Å²) in [5, 5.41) is 3.97. The number of nitrogens with zero attached hydrogens (tertiary/aromatic N) is 1. The van der Waals surface area contributed by atoms with Crippen molar-refractivity contribution in [1.29, 1.82) is 0 Å². The Kier molecular flexibility index (Phi) is 2.94. The van der Waals surface area contributed by atoms with Gasteiger partial charge in [-0.2, -0.15) is 0 Å². The molecule has 0 radical (unpaired) electrons. The van der Waals surface area contributed by atoms with Crippen LogP contribution >= 0.6 is 8.58 Å². The van der Waals surface area contributed by atoms with Crippen LogP contribution < -0.4 is 5.30 Å². The van der Waals surface area contributed by atoms with Gasteiger partial charge in [-0.1, -0.05) is 33.1 Å². The van der Waals surface area contributed by atoms with Crippen molar-refractivity contribution in [2.45, 2.75) is 0 Å². The highest BCUT2D eigenvalue weighted by Crippen LogP contribution is 2.14. The average Bonchev–Trinajstić information content (AvgIpc) is 2.07. The Labute approximate surface area is 67.1 Å². The molecule has 2 nitrogen and oxygen atoms in total. The van der Waals surface area contributed by atoms with E-state index in [1.54, 1.807) is 12.1 Å². The normalized spacial score (nSPS) is 10.2. The quantitative estimate of drug-likeness (QED) is 0.499. The third kappa shape index (κ3) is 2.24. The molecular formula is C8H8NOP. The monoisotopic (exact) mass is 165 g/mol. The smallest absolute Gasteiger partial charge is 0.108 e. The minimum absolute atomic E-state index is 0.475. The van der Waals surface area contributed by atoms with E-state index < -0.39 is 0 Å². The van der Waals surface area contributed by atoms with Crippen LogP contribution in [0.5, 0.6) is 0 Å². The van der Waals surface area contributed by atoms with Crippen LogP contribution in [0.2, 0.25) is 0 Å². The highest BCUT2D eigenvalue weighted by molar-refractivity contribution is 7.50. The van der Waals surface area contributed by atoms with E-state index in [2.05, 4.69) is 11.8 Å². The summed E-state index contributed by atoms with van der Waals surface area (Å²) in [7, 11) is 0.605. The molecule has 3 heteroatoms. The molecule has 0 fully saturated rings. The molecule has 0 aliphatic carbocycles. The first-order valence-corrected chi connectivity index (χ1v) is 4.25. The number of benzene rings is 1. The van der Waals surface area contributed by atoms with E-state index >= 15 is 0 Å². The van der Waals surface area contributed by atoms with Crippen LogP contribution in [0.3, 0.4) is 0 Å². The summed E-state index contributed by atoms with van der Waals surface area (Å²) < 4.78 is 0.